The van der Waals surface area contributed by atoms with Crippen LogP contribution >= 0.6 is 11.6 Å². The molecule has 3 rings (SSSR count). The Balaban J connectivity index is 1.74. The number of carbonyl (C=O) groups excluding carboxylic acids is 1. The molecule has 140 valence electrons. The van der Waals surface area contributed by atoms with Gasteiger partial charge < -0.3 is 10.5 Å². The number of ether oxygens (including phenoxy) is 1. The van der Waals surface area contributed by atoms with E-state index in [2.05, 4.69) is 20.3 Å². The first-order valence-electron chi connectivity index (χ1n) is 8.40. The number of nitrogens with zero attached hydrogens (tertiary/aromatic N) is 5. The number of nitrogen functional groups attached to an aromatic ring is 1. The van der Waals surface area contributed by atoms with Crippen molar-refractivity contribution in [3.8, 4) is 0 Å². The third-order valence-corrected chi connectivity index (χ3v) is 4.35. The summed E-state index contributed by atoms with van der Waals surface area (Å²) in [5.41, 5.74) is 8.45. The van der Waals surface area contributed by atoms with Gasteiger partial charge in [-0.2, -0.15) is 0 Å². The summed E-state index contributed by atoms with van der Waals surface area (Å²) in [7, 11) is 0. The van der Waals surface area contributed by atoms with Gasteiger partial charge in [0.1, 0.15) is 23.9 Å². The van der Waals surface area contributed by atoms with Gasteiger partial charge >= 0.3 is 5.97 Å². The number of aromatic nitrogens is 5. The molecule has 0 bridgehead atoms. The first-order valence-corrected chi connectivity index (χ1v) is 8.78. The van der Waals surface area contributed by atoms with Crippen LogP contribution in [0.1, 0.15) is 40.1 Å². The van der Waals surface area contributed by atoms with Crippen molar-refractivity contribution in [2.24, 2.45) is 0 Å². The minimum Gasteiger partial charge on any atom is -0.455 e. The number of carbonyl (C=O) groups is 1. The van der Waals surface area contributed by atoms with Crippen LogP contribution in [0.3, 0.4) is 0 Å². The highest BCUT2D eigenvalue weighted by Gasteiger charge is 2.17. The molecule has 9 heteroatoms. The summed E-state index contributed by atoms with van der Waals surface area (Å²) in [6, 6.07) is 6.73. The molecule has 1 aromatic carbocycles. The van der Waals surface area contributed by atoms with E-state index >= 15 is 0 Å². The first-order chi connectivity index (χ1) is 13.0. The van der Waals surface area contributed by atoms with E-state index in [0.29, 0.717) is 40.9 Å². The lowest BCUT2D eigenvalue weighted by molar-refractivity contribution is 0.0467. The first kappa shape index (κ1) is 18.8. The van der Waals surface area contributed by atoms with E-state index in [4.69, 9.17) is 22.1 Å². The average Bonchev–Trinajstić information content (AvgIpc) is 3.04. The lowest BCUT2D eigenvalue weighted by atomic mass is 10.2. The van der Waals surface area contributed by atoms with Gasteiger partial charge in [0.25, 0.3) is 0 Å². The van der Waals surface area contributed by atoms with Crippen LogP contribution in [0.15, 0.2) is 30.5 Å². The third-order valence-electron chi connectivity index (χ3n) is 4.03. The summed E-state index contributed by atoms with van der Waals surface area (Å²) in [6.07, 6.45) is 2.34. The molecule has 8 nitrogen and oxygen atoms in total. The fourth-order valence-electron chi connectivity index (χ4n) is 2.63. The Morgan fingerprint density at radius 1 is 1.33 bits per heavy atom. The summed E-state index contributed by atoms with van der Waals surface area (Å²) in [5, 5.41) is 8.64. The quantitative estimate of drug-likeness (QED) is 0.648. The van der Waals surface area contributed by atoms with Gasteiger partial charge in [-0.3, -0.25) is 0 Å². The van der Waals surface area contributed by atoms with Crippen LogP contribution in [-0.2, 0) is 24.3 Å². The van der Waals surface area contributed by atoms with Crippen molar-refractivity contribution in [3.63, 3.8) is 0 Å². The Hall–Kier alpha value is -3.00. The van der Waals surface area contributed by atoms with Crippen LogP contribution in [0.25, 0.3) is 0 Å². The lowest BCUT2D eigenvalue weighted by Gasteiger charge is -2.09. The second-order valence-electron chi connectivity index (χ2n) is 5.88. The Kier molecular flexibility index (Phi) is 5.66. The molecule has 0 radical (unpaired) electrons. The summed E-state index contributed by atoms with van der Waals surface area (Å²) in [6.45, 7) is 4.15. The molecular formula is C18H19ClN6O2. The van der Waals surface area contributed by atoms with Crippen LogP contribution < -0.4 is 5.73 Å². The van der Waals surface area contributed by atoms with Gasteiger partial charge in [0.2, 0.25) is 0 Å². The van der Waals surface area contributed by atoms with E-state index in [-0.39, 0.29) is 6.61 Å². The molecular weight excluding hydrogens is 368 g/mol. The number of anilines is 1. The number of aryl methyl sites for hydroxylation is 1. The predicted molar refractivity (Wildman–Crippen MR) is 100 cm³/mol. The molecule has 27 heavy (non-hydrogen) atoms. The Morgan fingerprint density at radius 2 is 2.11 bits per heavy atom. The van der Waals surface area contributed by atoms with Gasteiger partial charge in [-0.15, -0.1) is 5.10 Å². The minimum atomic E-state index is -0.506. The molecule has 0 unspecified atom stereocenters. The topological polar surface area (TPSA) is 109 Å². The second kappa shape index (κ2) is 8.13. The number of hydrogen-bond acceptors (Lipinski definition) is 7. The predicted octanol–water partition coefficient (Wildman–Crippen LogP) is 2.58. The van der Waals surface area contributed by atoms with Crippen molar-refractivity contribution >= 4 is 23.4 Å². The largest absolute Gasteiger partial charge is 0.455 e. The van der Waals surface area contributed by atoms with Crippen molar-refractivity contribution in [2.45, 2.75) is 33.4 Å². The fourth-order valence-corrected chi connectivity index (χ4v) is 2.84. The number of rotatable bonds is 6. The summed E-state index contributed by atoms with van der Waals surface area (Å²) < 4.78 is 7.06. The van der Waals surface area contributed by atoms with Crippen LogP contribution in [0.4, 0.5) is 5.82 Å². The standard InChI is InChI=1S/C18H19ClN6O2/c1-3-16-15(10-27-18(26)13-6-4-5-7-14(13)19)23-24-25(16)9-12-8-21-11(2)22-17(12)20/h4-8H,3,9-10H2,1-2H3,(H2,20,21,22). The molecule has 3 aromatic rings. The van der Waals surface area contributed by atoms with Crippen LogP contribution in [-0.4, -0.2) is 30.9 Å². The zero-order valence-electron chi connectivity index (χ0n) is 15.0. The van der Waals surface area contributed by atoms with Crippen molar-refractivity contribution in [3.05, 3.63) is 63.8 Å². The van der Waals surface area contributed by atoms with Gasteiger partial charge in [-0.25, -0.2) is 19.4 Å². The van der Waals surface area contributed by atoms with Gasteiger partial charge in [0.05, 0.1) is 22.8 Å². The summed E-state index contributed by atoms with van der Waals surface area (Å²) in [4.78, 5) is 20.5. The van der Waals surface area contributed by atoms with Gasteiger partial charge in [-0.1, -0.05) is 35.9 Å². The van der Waals surface area contributed by atoms with E-state index in [9.17, 15) is 4.79 Å². The molecule has 0 aliphatic rings. The normalized spacial score (nSPS) is 10.8. The van der Waals surface area contributed by atoms with Crippen molar-refractivity contribution in [1.29, 1.82) is 0 Å². The molecule has 2 N–H and O–H groups in total. The number of halogens is 1. The molecule has 2 heterocycles. The maximum absolute atomic E-state index is 12.2. The minimum absolute atomic E-state index is 0.00705. The SMILES string of the molecule is CCc1c(COC(=O)c2ccccc2Cl)nnn1Cc1cnc(C)nc1N. The summed E-state index contributed by atoms with van der Waals surface area (Å²) >= 11 is 6.02. The van der Waals surface area contributed by atoms with Crippen molar-refractivity contribution in [2.75, 3.05) is 5.73 Å². The molecule has 0 atom stereocenters. The maximum atomic E-state index is 12.2. The third kappa shape index (κ3) is 4.22. The number of esters is 1. The Morgan fingerprint density at radius 3 is 2.81 bits per heavy atom. The van der Waals surface area contributed by atoms with Crippen LogP contribution in [0, 0.1) is 6.92 Å². The average molecular weight is 387 g/mol. The molecule has 0 fully saturated rings. The Labute approximate surface area is 161 Å². The van der Waals surface area contributed by atoms with Gasteiger partial charge in [-0.05, 0) is 25.5 Å². The molecule has 2 aromatic heterocycles. The molecule has 0 spiro atoms. The monoisotopic (exact) mass is 386 g/mol. The second-order valence-corrected chi connectivity index (χ2v) is 6.28. The molecule has 0 saturated carbocycles. The molecule has 0 amide bonds. The molecule has 0 saturated heterocycles. The number of benzene rings is 1. The van der Waals surface area contributed by atoms with Crippen molar-refractivity contribution in [1.82, 2.24) is 25.0 Å². The maximum Gasteiger partial charge on any atom is 0.340 e. The van der Waals surface area contributed by atoms with E-state index in [1.165, 1.54) is 0 Å². The highest BCUT2D eigenvalue weighted by atomic mass is 35.5. The van der Waals surface area contributed by atoms with E-state index < -0.39 is 5.97 Å². The molecule has 0 aliphatic carbocycles. The van der Waals surface area contributed by atoms with Gasteiger partial charge in [0.15, 0.2) is 0 Å². The smallest absolute Gasteiger partial charge is 0.340 e. The van der Waals surface area contributed by atoms with E-state index in [0.717, 1.165) is 11.3 Å². The van der Waals surface area contributed by atoms with Gasteiger partial charge in [0, 0.05) is 11.8 Å². The number of nitrogens with two attached hydrogens (primary N) is 1. The highest BCUT2D eigenvalue weighted by molar-refractivity contribution is 6.33. The van der Waals surface area contributed by atoms with Crippen LogP contribution in [0.5, 0.6) is 0 Å². The zero-order valence-corrected chi connectivity index (χ0v) is 15.8. The number of hydrogen-bond donors (Lipinski definition) is 1. The molecule has 0 aliphatic heterocycles. The zero-order chi connectivity index (χ0) is 19.4. The summed E-state index contributed by atoms with van der Waals surface area (Å²) in [5.74, 6) is 0.512. The Bertz CT molecular complexity index is 972. The van der Waals surface area contributed by atoms with E-state index in [1.807, 2.05) is 6.92 Å². The highest BCUT2D eigenvalue weighted by Crippen LogP contribution is 2.18. The van der Waals surface area contributed by atoms with E-state index in [1.54, 1.807) is 42.1 Å². The fraction of sp³-hybridized carbons (Fsp3) is 0.278. The van der Waals surface area contributed by atoms with Crippen LogP contribution in [0.2, 0.25) is 5.02 Å². The van der Waals surface area contributed by atoms with Crippen molar-refractivity contribution < 1.29 is 9.53 Å². The lowest BCUT2D eigenvalue weighted by Crippen LogP contribution is -2.11.